The van der Waals surface area contributed by atoms with E-state index in [1.165, 1.54) is 5.56 Å². The largest absolute Gasteiger partial charge is 2.00 e. The number of benzene rings is 2. The molecule has 0 unspecified atom stereocenters. The molecule has 0 N–H and O–H groups in total. The van der Waals surface area contributed by atoms with E-state index in [4.69, 9.17) is 4.74 Å². The van der Waals surface area contributed by atoms with Crippen molar-refractivity contribution >= 4 is 23.1 Å². The van der Waals surface area contributed by atoms with Gasteiger partial charge in [0.25, 0.3) is 0 Å². The van der Waals surface area contributed by atoms with Gasteiger partial charge in [-0.3, -0.25) is 0 Å². The second kappa shape index (κ2) is 8.29. The van der Waals surface area contributed by atoms with E-state index < -0.39 is 0 Å². The minimum atomic E-state index is 0. The first-order chi connectivity index (χ1) is 7.34. The quantitative estimate of drug-likeness (QED) is 0.558. The van der Waals surface area contributed by atoms with Gasteiger partial charge < -0.3 is 17.1 Å². The molecule has 0 bridgehead atoms. The predicted molar refractivity (Wildman–Crippen MR) is 67.4 cm³/mol. The Morgan fingerprint density at radius 2 is 1.47 bits per heavy atom. The third-order valence-electron chi connectivity index (χ3n) is 2.17. The van der Waals surface area contributed by atoms with E-state index in [0.717, 1.165) is 11.3 Å². The van der Waals surface area contributed by atoms with Crippen molar-refractivity contribution in [2.24, 2.45) is 0 Å². The fourth-order valence-electron chi connectivity index (χ4n) is 1.33. The third-order valence-corrected chi connectivity index (χ3v) is 2.17. The van der Waals surface area contributed by atoms with Gasteiger partial charge in [-0.25, -0.2) is 0 Å². The average Bonchev–Trinajstić information content (AvgIpc) is 2.30. The number of rotatable bonds is 3. The van der Waals surface area contributed by atoms with Crippen LogP contribution >= 0.6 is 0 Å². The molecule has 84 valence electrons. The Balaban J connectivity index is 0.00000128. The van der Waals surface area contributed by atoms with Crippen LogP contribution in [-0.2, 0) is 6.61 Å². The van der Waals surface area contributed by atoms with Crippen LogP contribution in [0.5, 0.6) is 5.75 Å². The smallest absolute Gasteiger partial charge is 1.00 e. The van der Waals surface area contributed by atoms with E-state index in [-0.39, 0.29) is 35.5 Å². The van der Waals surface area contributed by atoms with Crippen molar-refractivity contribution in [2.75, 3.05) is 0 Å². The molecule has 0 saturated carbocycles. The van der Waals surface area contributed by atoms with Crippen molar-refractivity contribution in [2.45, 2.75) is 6.61 Å². The molecule has 0 aliphatic carbocycles. The molecule has 2 aromatic rings. The summed E-state index contributed by atoms with van der Waals surface area (Å²) >= 11 is 0. The molecule has 0 amide bonds. The van der Waals surface area contributed by atoms with E-state index in [0.29, 0.717) is 6.61 Å². The molecule has 2 aromatic carbocycles. The van der Waals surface area contributed by atoms with E-state index in [1.54, 1.807) is 0 Å². The van der Waals surface area contributed by atoms with Gasteiger partial charge in [0.15, 0.2) is 0 Å². The van der Waals surface area contributed by atoms with Crippen LogP contribution < -0.4 is 17.1 Å². The third kappa shape index (κ3) is 5.35. The van der Waals surface area contributed by atoms with Crippen LogP contribution in [0.15, 0.2) is 54.6 Å². The number of hydrogen-bond acceptors (Lipinski definition) is 1. The molecule has 0 spiro atoms. The molecular weight excluding hydrogens is 244 g/mol. The van der Waals surface area contributed by atoms with Crippen molar-refractivity contribution in [3.05, 3.63) is 72.6 Å². The van der Waals surface area contributed by atoms with Crippen LogP contribution in [0.25, 0.3) is 0 Å². The van der Waals surface area contributed by atoms with E-state index in [1.807, 2.05) is 42.5 Å². The summed E-state index contributed by atoms with van der Waals surface area (Å²) in [5, 5.41) is 0. The molecule has 0 radical (unpaired) electrons. The van der Waals surface area contributed by atoms with Gasteiger partial charge in [0.2, 0.25) is 0 Å². The first-order valence-electron chi connectivity index (χ1n) is 4.93. The van der Waals surface area contributed by atoms with Gasteiger partial charge in [-0.05, 0) is 5.56 Å². The van der Waals surface area contributed by atoms with E-state index in [9.17, 15) is 0 Å². The molecule has 0 aliphatic heterocycles. The Morgan fingerprint density at radius 1 is 0.882 bits per heavy atom. The zero-order valence-electron chi connectivity index (χ0n) is 9.60. The molecule has 2 rings (SSSR count). The van der Waals surface area contributed by atoms with Crippen molar-refractivity contribution < 1.29 is 17.1 Å². The summed E-state index contributed by atoms with van der Waals surface area (Å²) in [5.41, 5.74) is 2.18. The van der Waals surface area contributed by atoms with Crippen LogP contribution in [0.4, 0.5) is 0 Å². The first kappa shape index (κ1) is 16.2. The Labute approximate surface area is 125 Å². The van der Waals surface area contributed by atoms with Crippen molar-refractivity contribution in [1.82, 2.24) is 0 Å². The number of ether oxygens (including phenoxy) is 1. The molecule has 1 nitrogen and oxygen atoms in total. The van der Waals surface area contributed by atoms with Crippen molar-refractivity contribution in [3.63, 3.8) is 0 Å². The summed E-state index contributed by atoms with van der Waals surface area (Å²) in [7, 11) is 0. The molecule has 0 atom stereocenters. The summed E-state index contributed by atoms with van der Waals surface area (Å²) in [5.74, 6) is 0.881. The first-order valence-corrected chi connectivity index (χ1v) is 4.93. The maximum absolute atomic E-state index is 5.62. The monoisotopic (exact) mass is 256 g/mol. The molecule has 0 fully saturated rings. The van der Waals surface area contributed by atoms with Crippen LogP contribution in [-0.4, -0.2) is 23.1 Å². The SMILES string of the molecule is [CH2-]c1ccc(OCc2ccccc2)cc1.[Cl-].[Mg+2]. The fraction of sp³-hybridized carbons (Fsp3) is 0.0714. The molecule has 0 saturated heterocycles. The van der Waals surface area contributed by atoms with Crippen LogP contribution in [0.2, 0.25) is 0 Å². The van der Waals surface area contributed by atoms with E-state index in [2.05, 4.69) is 19.1 Å². The second-order valence-electron chi connectivity index (χ2n) is 3.42. The summed E-state index contributed by atoms with van der Waals surface area (Å²) in [6, 6.07) is 17.9. The molecule has 0 heterocycles. The minimum absolute atomic E-state index is 0. The molecule has 17 heavy (non-hydrogen) atoms. The van der Waals surface area contributed by atoms with Crippen molar-refractivity contribution in [3.8, 4) is 5.75 Å². The Hall–Kier alpha value is -0.834. The van der Waals surface area contributed by atoms with Gasteiger partial charge in [0, 0.05) is 0 Å². The van der Waals surface area contributed by atoms with Crippen LogP contribution in [0.1, 0.15) is 11.1 Å². The Kier molecular flexibility index (Phi) is 7.88. The Bertz CT molecular complexity index is 414. The topological polar surface area (TPSA) is 9.23 Å². The zero-order valence-corrected chi connectivity index (χ0v) is 11.8. The zero-order chi connectivity index (χ0) is 10.5. The molecule has 0 aliphatic rings. The second-order valence-corrected chi connectivity index (χ2v) is 3.42. The van der Waals surface area contributed by atoms with Gasteiger partial charge in [-0.1, -0.05) is 42.5 Å². The minimum Gasteiger partial charge on any atom is -1.00 e. The summed E-state index contributed by atoms with van der Waals surface area (Å²) < 4.78 is 5.62. The van der Waals surface area contributed by atoms with Gasteiger partial charge in [-0.2, -0.15) is 24.6 Å². The van der Waals surface area contributed by atoms with Gasteiger partial charge in [0.1, 0.15) is 6.61 Å². The van der Waals surface area contributed by atoms with Crippen LogP contribution in [0, 0.1) is 6.92 Å². The standard InChI is InChI=1S/C14H13O.ClH.Mg/c1-12-7-9-14(10-8-12)15-11-13-5-3-2-4-6-13;;/h2-10H,1,11H2;1H;/q-1;;+2/p-1. The van der Waals surface area contributed by atoms with E-state index >= 15 is 0 Å². The maximum Gasteiger partial charge on any atom is 2.00 e. The molecule has 3 heteroatoms. The number of hydrogen-bond donors (Lipinski definition) is 0. The van der Waals surface area contributed by atoms with Gasteiger partial charge >= 0.3 is 23.1 Å². The number of halogens is 1. The van der Waals surface area contributed by atoms with Crippen LogP contribution in [0.3, 0.4) is 0 Å². The summed E-state index contributed by atoms with van der Waals surface area (Å²) in [4.78, 5) is 0. The summed E-state index contributed by atoms with van der Waals surface area (Å²) in [6.45, 7) is 4.43. The Morgan fingerprint density at radius 3 is 2.06 bits per heavy atom. The normalized spacial score (nSPS) is 8.71. The predicted octanol–water partition coefficient (Wildman–Crippen LogP) is 0.0710. The average molecular weight is 257 g/mol. The molecule has 0 aromatic heterocycles. The van der Waals surface area contributed by atoms with Crippen molar-refractivity contribution in [1.29, 1.82) is 0 Å². The fourth-order valence-corrected chi connectivity index (χ4v) is 1.33. The van der Waals surface area contributed by atoms with Gasteiger partial charge in [0.05, 0.1) is 5.75 Å². The maximum atomic E-state index is 5.62. The van der Waals surface area contributed by atoms with Gasteiger partial charge in [-0.15, -0.1) is 0 Å². The summed E-state index contributed by atoms with van der Waals surface area (Å²) in [6.07, 6.45) is 0. The molecular formula is C14H13ClMgO.